The summed E-state index contributed by atoms with van der Waals surface area (Å²) in [6.07, 6.45) is 0.0921. The van der Waals surface area contributed by atoms with Gasteiger partial charge in [-0.3, -0.25) is 0 Å². The molecule has 8 heteroatoms. The number of hydrogen-bond donors (Lipinski definition) is 1. The molecule has 0 bridgehead atoms. The molecule has 122 valence electrons. The van der Waals surface area contributed by atoms with Gasteiger partial charge in [-0.25, -0.2) is 17.6 Å². The predicted octanol–water partition coefficient (Wildman–Crippen LogP) is -0.155. The quantitative estimate of drug-likeness (QED) is 0.464. The maximum absolute atomic E-state index is 13.7. The van der Waals surface area contributed by atoms with Crippen LogP contribution in [0.3, 0.4) is 0 Å². The van der Waals surface area contributed by atoms with Gasteiger partial charge in [0.15, 0.2) is 23.3 Å². The van der Waals surface area contributed by atoms with Crippen molar-refractivity contribution in [2.45, 2.75) is 19.8 Å². The summed E-state index contributed by atoms with van der Waals surface area (Å²) in [5.74, 6) is -7.70. The summed E-state index contributed by atoms with van der Waals surface area (Å²) < 4.78 is 53.8. The van der Waals surface area contributed by atoms with E-state index in [0.717, 1.165) is 5.56 Å². The number of carbonyl (C=O) groups is 1. The maximum Gasteiger partial charge on any atom is 1.00 e. The Morgan fingerprint density at radius 1 is 1.08 bits per heavy atom. The third-order valence-corrected chi connectivity index (χ3v) is 3.28. The molecule has 2 aromatic rings. The number of hydrogen-bond acceptors (Lipinski definition) is 3. The van der Waals surface area contributed by atoms with Gasteiger partial charge in [-0.1, -0.05) is 19.1 Å². The van der Waals surface area contributed by atoms with Crippen LogP contribution in [0, 0.1) is 23.3 Å². The largest absolute Gasteiger partial charge is 1.00 e. The standard InChI is InChI=1S/C16H13F4NO2.Na/c1-2-8-3-4-12(9(5-8)6-13(22)23)21-16-14(19)10(17)7-11(18)15(16)20;/h3-5,7,21H,2,6H2,1H3,(H,22,23);/q;+1/p-1. The van der Waals surface area contributed by atoms with Crippen molar-refractivity contribution < 1.29 is 57.0 Å². The smallest absolute Gasteiger partial charge is 0.550 e. The van der Waals surface area contributed by atoms with Crippen molar-refractivity contribution in [3.63, 3.8) is 0 Å². The zero-order valence-corrected chi connectivity index (χ0v) is 15.1. The second kappa shape index (κ2) is 8.50. The molecule has 2 rings (SSSR count). The Morgan fingerprint density at radius 3 is 2.17 bits per heavy atom. The molecule has 3 nitrogen and oxygen atoms in total. The molecule has 1 N–H and O–H groups in total. The molecule has 0 heterocycles. The Bertz CT molecular complexity index is 742. The minimum Gasteiger partial charge on any atom is -0.550 e. The summed E-state index contributed by atoms with van der Waals surface area (Å²) in [6, 6.07) is 4.60. The van der Waals surface area contributed by atoms with Crippen molar-refractivity contribution in [2.24, 2.45) is 0 Å². The fraction of sp³-hybridized carbons (Fsp3) is 0.188. The van der Waals surface area contributed by atoms with Crippen molar-refractivity contribution in [1.29, 1.82) is 0 Å². The molecule has 0 saturated carbocycles. The molecule has 0 saturated heterocycles. The van der Waals surface area contributed by atoms with Gasteiger partial charge in [-0.05, 0) is 23.6 Å². The van der Waals surface area contributed by atoms with Gasteiger partial charge in [0, 0.05) is 24.1 Å². The second-order valence-corrected chi connectivity index (χ2v) is 4.86. The molecular formula is C16H12F4NNaO2. The Balaban J connectivity index is 0.00000288. The number of benzene rings is 2. The Kier molecular flexibility index (Phi) is 7.26. The molecule has 0 radical (unpaired) electrons. The first-order valence-corrected chi connectivity index (χ1v) is 6.75. The van der Waals surface area contributed by atoms with Crippen molar-refractivity contribution in [1.82, 2.24) is 0 Å². The van der Waals surface area contributed by atoms with Crippen molar-refractivity contribution in [3.05, 3.63) is 58.7 Å². The molecule has 0 spiro atoms. The summed E-state index contributed by atoms with van der Waals surface area (Å²) in [6.45, 7) is 1.84. The number of carbonyl (C=O) groups excluding carboxylic acids is 1. The summed E-state index contributed by atoms with van der Waals surface area (Å²) >= 11 is 0. The third-order valence-electron chi connectivity index (χ3n) is 3.28. The van der Waals surface area contributed by atoms with E-state index in [1.54, 1.807) is 6.07 Å². The van der Waals surface area contributed by atoms with Crippen LogP contribution < -0.4 is 40.0 Å². The monoisotopic (exact) mass is 349 g/mol. The molecule has 0 amide bonds. The third kappa shape index (κ3) is 4.49. The fourth-order valence-electron chi connectivity index (χ4n) is 2.11. The fourth-order valence-corrected chi connectivity index (χ4v) is 2.11. The summed E-state index contributed by atoms with van der Waals surface area (Å²) in [5.41, 5.74) is -0.0217. The summed E-state index contributed by atoms with van der Waals surface area (Å²) in [7, 11) is 0. The Morgan fingerprint density at radius 2 is 1.67 bits per heavy atom. The number of aryl methyl sites for hydroxylation is 1. The van der Waals surface area contributed by atoms with Crippen LogP contribution in [0.15, 0.2) is 24.3 Å². The van der Waals surface area contributed by atoms with E-state index in [1.807, 2.05) is 6.92 Å². The minimum absolute atomic E-state index is 0. The van der Waals surface area contributed by atoms with Crippen LogP contribution in [0.5, 0.6) is 0 Å². The molecule has 2 aromatic carbocycles. The number of rotatable bonds is 5. The molecule has 0 aliphatic heterocycles. The molecule has 0 fully saturated rings. The van der Waals surface area contributed by atoms with Crippen LogP contribution in [-0.4, -0.2) is 5.97 Å². The topological polar surface area (TPSA) is 52.2 Å². The van der Waals surface area contributed by atoms with E-state index >= 15 is 0 Å². The van der Waals surface area contributed by atoms with Crippen LogP contribution in [0.4, 0.5) is 28.9 Å². The maximum atomic E-state index is 13.7. The molecule has 0 aliphatic rings. The minimum atomic E-state index is -1.59. The second-order valence-electron chi connectivity index (χ2n) is 4.86. The van der Waals surface area contributed by atoms with Gasteiger partial charge in [0.25, 0.3) is 0 Å². The molecule has 0 aromatic heterocycles. The Hall–Kier alpha value is -1.57. The summed E-state index contributed by atoms with van der Waals surface area (Å²) in [5, 5.41) is 13.0. The normalized spacial score (nSPS) is 10.2. The van der Waals surface area contributed by atoms with Crippen molar-refractivity contribution in [2.75, 3.05) is 5.32 Å². The number of nitrogens with one attached hydrogen (secondary N) is 1. The number of carboxylic acids is 1. The van der Waals surface area contributed by atoms with Gasteiger partial charge in [-0.2, -0.15) is 0 Å². The number of aliphatic carboxylic acids is 1. The van der Waals surface area contributed by atoms with Crippen molar-refractivity contribution >= 4 is 17.3 Å². The van der Waals surface area contributed by atoms with E-state index in [4.69, 9.17) is 0 Å². The molecule has 0 atom stereocenters. The first kappa shape index (κ1) is 20.5. The van der Waals surface area contributed by atoms with E-state index in [0.29, 0.717) is 6.42 Å². The SMILES string of the molecule is CCc1ccc(Nc2c(F)c(F)cc(F)c2F)c(CC(=O)[O-])c1.[Na+]. The van der Waals surface area contributed by atoms with E-state index in [1.165, 1.54) is 12.1 Å². The van der Waals surface area contributed by atoms with Crippen molar-refractivity contribution in [3.8, 4) is 0 Å². The number of carboxylic acid groups (broad SMARTS) is 1. The molecular weight excluding hydrogens is 337 g/mol. The van der Waals surface area contributed by atoms with Gasteiger partial charge in [0.1, 0.15) is 5.69 Å². The van der Waals surface area contributed by atoms with Gasteiger partial charge >= 0.3 is 29.6 Å². The Labute approximate surface area is 158 Å². The average Bonchev–Trinajstić information content (AvgIpc) is 2.50. The van der Waals surface area contributed by atoms with E-state index in [2.05, 4.69) is 5.32 Å². The van der Waals surface area contributed by atoms with E-state index in [9.17, 15) is 27.5 Å². The van der Waals surface area contributed by atoms with Gasteiger partial charge in [-0.15, -0.1) is 0 Å². The average molecular weight is 349 g/mol. The van der Waals surface area contributed by atoms with Crippen LogP contribution in [0.25, 0.3) is 0 Å². The number of anilines is 2. The zero-order valence-electron chi connectivity index (χ0n) is 13.1. The van der Waals surface area contributed by atoms with Gasteiger partial charge in [0.05, 0.1) is 0 Å². The van der Waals surface area contributed by atoms with Gasteiger partial charge in [0.2, 0.25) is 0 Å². The molecule has 0 aliphatic carbocycles. The van der Waals surface area contributed by atoms with Crippen LogP contribution in [0.2, 0.25) is 0 Å². The van der Waals surface area contributed by atoms with Crippen LogP contribution >= 0.6 is 0 Å². The van der Waals surface area contributed by atoms with E-state index < -0.39 is 41.3 Å². The first-order valence-electron chi connectivity index (χ1n) is 6.75. The van der Waals surface area contributed by atoms with Crippen LogP contribution in [-0.2, 0) is 17.6 Å². The molecule has 24 heavy (non-hydrogen) atoms. The first-order chi connectivity index (χ1) is 10.8. The predicted molar refractivity (Wildman–Crippen MR) is 74.1 cm³/mol. The zero-order chi connectivity index (χ0) is 17.1. The van der Waals surface area contributed by atoms with Crippen LogP contribution in [0.1, 0.15) is 18.1 Å². The molecule has 0 unspecified atom stereocenters. The summed E-state index contributed by atoms with van der Waals surface area (Å²) in [4.78, 5) is 10.8. The van der Waals surface area contributed by atoms with E-state index in [-0.39, 0.29) is 46.9 Å². The van der Waals surface area contributed by atoms with Gasteiger partial charge < -0.3 is 15.2 Å². The number of halogens is 4.